The minimum atomic E-state index is 0.899. The predicted molar refractivity (Wildman–Crippen MR) is 164 cm³/mol. The van der Waals surface area contributed by atoms with Gasteiger partial charge in [-0.15, -0.1) is 0 Å². The molecule has 4 aromatic heterocycles. The van der Waals surface area contributed by atoms with E-state index in [1.54, 1.807) is 0 Å². The van der Waals surface area contributed by atoms with Crippen LogP contribution in [0.4, 0.5) is 0 Å². The second-order valence-electron chi connectivity index (χ2n) is 10.3. The Labute approximate surface area is 228 Å². The Kier molecular flexibility index (Phi) is 4.30. The summed E-state index contributed by atoms with van der Waals surface area (Å²) in [5, 5.41) is 6.92. The number of rotatable bonds is 2. The van der Waals surface area contributed by atoms with Crippen LogP contribution in [0.1, 0.15) is 0 Å². The van der Waals surface area contributed by atoms with Crippen molar-refractivity contribution in [2.45, 2.75) is 0 Å². The molecule has 0 aliphatic carbocycles. The second kappa shape index (κ2) is 8.01. The van der Waals surface area contributed by atoms with Crippen LogP contribution in [0.3, 0.4) is 0 Å². The monoisotopic (exact) mass is 511 g/mol. The molecule has 0 saturated heterocycles. The highest BCUT2D eigenvalue weighted by molar-refractivity contribution is 6.17. The van der Waals surface area contributed by atoms with Gasteiger partial charge in [0.25, 0.3) is 0 Å². The van der Waals surface area contributed by atoms with Gasteiger partial charge in [0.1, 0.15) is 11.2 Å². The van der Waals surface area contributed by atoms with Crippen LogP contribution in [0.15, 0.2) is 132 Å². The lowest BCUT2D eigenvalue weighted by Crippen LogP contribution is -1.94. The maximum absolute atomic E-state index is 6.26. The lowest BCUT2D eigenvalue weighted by atomic mass is 10.1. The van der Waals surface area contributed by atoms with E-state index in [4.69, 9.17) is 9.40 Å². The van der Waals surface area contributed by atoms with Crippen molar-refractivity contribution in [2.24, 2.45) is 0 Å². The van der Waals surface area contributed by atoms with Gasteiger partial charge in [-0.05, 0) is 42.5 Å². The van der Waals surface area contributed by atoms with Gasteiger partial charge in [0.05, 0.1) is 27.8 Å². The van der Waals surface area contributed by atoms with Crippen molar-refractivity contribution in [1.29, 1.82) is 0 Å². The molecule has 0 atom stereocenters. The van der Waals surface area contributed by atoms with E-state index in [0.717, 1.165) is 66.2 Å². The van der Waals surface area contributed by atoms with Crippen LogP contribution in [0.5, 0.6) is 0 Å². The van der Waals surface area contributed by atoms with Gasteiger partial charge in [0, 0.05) is 55.8 Å². The molecule has 4 nitrogen and oxygen atoms in total. The van der Waals surface area contributed by atoms with Crippen molar-refractivity contribution >= 4 is 65.6 Å². The van der Waals surface area contributed by atoms with Crippen molar-refractivity contribution in [1.82, 2.24) is 14.5 Å². The third-order valence-electron chi connectivity index (χ3n) is 8.02. The predicted octanol–water partition coefficient (Wildman–Crippen LogP) is 9.45. The van der Waals surface area contributed by atoms with E-state index in [1.807, 2.05) is 24.4 Å². The molecule has 0 fully saturated rings. The summed E-state index contributed by atoms with van der Waals surface area (Å²) in [6.07, 6.45) is 1.83. The highest BCUT2D eigenvalue weighted by Gasteiger charge is 2.16. The molecule has 0 aliphatic rings. The maximum Gasteiger partial charge on any atom is 0.137 e. The first kappa shape index (κ1) is 21.5. The van der Waals surface area contributed by atoms with Gasteiger partial charge in [0.2, 0.25) is 0 Å². The van der Waals surface area contributed by atoms with Crippen molar-refractivity contribution in [3.63, 3.8) is 0 Å². The highest BCUT2D eigenvalue weighted by Crippen LogP contribution is 2.38. The first-order chi connectivity index (χ1) is 19.8. The number of nitrogens with zero attached hydrogens (tertiary/aromatic N) is 3. The number of pyridine rings is 2. The first-order valence-corrected chi connectivity index (χ1v) is 13.4. The van der Waals surface area contributed by atoms with E-state index in [2.05, 4.69) is 113 Å². The standard InChI is InChI=1S/C36H21N3O/c1-3-9-31-26(7-1)28-20-29-27-8-2-4-10-33(27)40-34(29)21-32(28)39(31)25-16-13-22(14-17-25)30-18-15-24-12-11-23-6-5-19-37-35(23)36(24)38-30/h1-21H. The molecule has 4 heteroatoms. The van der Waals surface area contributed by atoms with Gasteiger partial charge in [0.15, 0.2) is 0 Å². The van der Waals surface area contributed by atoms with E-state index in [0.29, 0.717) is 0 Å². The van der Waals surface area contributed by atoms with E-state index < -0.39 is 0 Å². The SMILES string of the molecule is c1cnc2c(c1)ccc1ccc(-c3ccc(-n4c5ccccc5c5cc6c(cc54)oc4ccccc46)cc3)nc12. The molecule has 5 aromatic carbocycles. The van der Waals surface area contributed by atoms with Crippen LogP contribution in [0, 0.1) is 0 Å². The van der Waals surface area contributed by atoms with E-state index in [9.17, 15) is 0 Å². The Hall–Kier alpha value is -5.48. The molecule has 0 bridgehead atoms. The summed E-state index contributed by atoms with van der Waals surface area (Å²) in [5.74, 6) is 0. The number of fused-ring (bicyclic) bond motifs is 9. The molecular weight excluding hydrogens is 490 g/mol. The van der Waals surface area contributed by atoms with E-state index in [-0.39, 0.29) is 0 Å². The molecule has 9 aromatic rings. The molecule has 0 aliphatic heterocycles. The van der Waals surface area contributed by atoms with Crippen molar-refractivity contribution in [2.75, 3.05) is 0 Å². The average molecular weight is 512 g/mol. The fourth-order valence-electron chi connectivity index (χ4n) is 6.13. The normalized spacial score (nSPS) is 12.0. The minimum Gasteiger partial charge on any atom is -0.456 e. The van der Waals surface area contributed by atoms with E-state index >= 15 is 0 Å². The fourth-order valence-corrected chi connectivity index (χ4v) is 6.13. The molecule has 40 heavy (non-hydrogen) atoms. The summed E-state index contributed by atoms with van der Waals surface area (Å²) >= 11 is 0. The second-order valence-corrected chi connectivity index (χ2v) is 10.3. The zero-order valence-corrected chi connectivity index (χ0v) is 21.4. The molecule has 0 spiro atoms. The van der Waals surface area contributed by atoms with Crippen LogP contribution in [-0.2, 0) is 0 Å². The summed E-state index contributed by atoms with van der Waals surface area (Å²) in [7, 11) is 0. The third kappa shape index (κ3) is 3.01. The average Bonchev–Trinajstić information content (AvgIpc) is 3.54. The van der Waals surface area contributed by atoms with Gasteiger partial charge in [-0.25, -0.2) is 4.98 Å². The largest absolute Gasteiger partial charge is 0.456 e. The zero-order valence-electron chi connectivity index (χ0n) is 21.4. The molecule has 0 N–H and O–H groups in total. The summed E-state index contributed by atoms with van der Waals surface area (Å²) in [5.41, 5.74) is 9.07. The molecular formula is C36H21N3O. The quantitative estimate of drug-likeness (QED) is 0.217. The molecule has 9 rings (SSSR count). The zero-order chi connectivity index (χ0) is 26.2. The Balaban J connectivity index is 1.23. The first-order valence-electron chi connectivity index (χ1n) is 13.4. The van der Waals surface area contributed by atoms with Crippen LogP contribution in [0.2, 0.25) is 0 Å². The number of hydrogen-bond donors (Lipinski definition) is 0. The summed E-state index contributed by atoms with van der Waals surface area (Å²) in [6, 6.07) is 42.4. The summed E-state index contributed by atoms with van der Waals surface area (Å²) in [4.78, 5) is 9.65. The minimum absolute atomic E-state index is 0.899. The van der Waals surface area contributed by atoms with Gasteiger partial charge < -0.3 is 8.98 Å². The molecule has 4 heterocycles. The topological polar surface area (TPSA) is 43.9 Å². The van der Waals surface area contributed by atoms with Crippen molar-refractivity contribution in [3.8, 4) is 16.9 Å². The molecule has 0 amide bonds. The smallest absolute Gasteiger partial charge is 0.137 e. The summed E-state index contributed by atoms with van der Waals surface area (Å²) in [6.45, 7) is 0. The van der Waals surface area contributed by atoms with Crippen LogP contribution < -0.4 is 0 Å². The number of aromatic nitrogens is 3. The van der Waals surface area contributed by atoms with Crippen LogP contribution in [-0.4, -0.2) is 14.5 Å². The van der Waals surface area contributed by atoms with Gasteiger partial charge in [-0.3, -0.25) is 4.98 Å². The lowest BCUT2D eigenvalue weighted by molar-refractivity contribution is 0.669. The van der Waals surface area contributed by atoms with Gasteiger partial charge >= 0.3 is 0 Å². The van der Waals surface area contributed by atoms with Crippen molar-refractivity contribution in [3.05, 3.63) is 128 Å². The molecule has 186 valence electrons. The Morgan fingerprint density at radius 1 is 0.525 bits per heavy atom. The maximum atomic E-state index is 6.26. The van der Waals surface area contributed by atoms with Gasteiger partial charge in [-0.2, -0.15) is 0 Å². The fraction of sp³-hybridized carbons (Fsp3) is 0. The third-order valence-corrected chi connectivity index (χ3v) is 8.02. The van der Waals surface area contributed by atoms with E-state index in [1.165, 1.54) is 16.3 Å². The molecule has 0 radical (unpaired) electrons. The van der Waals surface area contributed by atoms with Crippen LogP contribution in [0.25, 0.3) is 82.5 Å². The number of hydrogen-bond acceptors (Lipinski definition) is 3. The highest BCUT2D eigenvalue weighted by atomic mass is 16.3. The summed E-state index contributed by atoms with van der Waals surface area (Å²) < 4.78 is 8.59. The Morgan fingerprint density at radius 3 is 2.20 bits per heavy atom. The number of benzene rings is 5. The van der Waals surface area contributed by atoms with Crippen LogP contribution >= 0.6 is 0 Å². The van der Waals surface area contributed by atoms with Gasteiger partial charge in [-0.1, -0.05) is 72.8 Å². The number of furan rings is 1. The molecule has 0 saturated carbocycles. The van der Waals surface area contributed by atoms with Crippen molar-refractivity contribution < 1.29 is 4.42 Å². The Bertz CT molecular complexity index is 2430. The lowest BCUT2D eigenvalue weighted by Gasteiger charge is -2.10. The Morgan fingerprint density at radius 2 is 1.30 bits per heavy atom. The number of para-hydroxylation sites is 2. The molecule has 0 unspecified atom stereocenters.